The molecule has 0 fully saturated rings. The topological polar surface area (TPSA) is 18.5 Å². The van der Waals surface area contributed by atoms with E-state index in [1.165, 1.54) is 0 Å². The van der Waals surface area contributed by atoms with E-state index in [-0.39, 0.29) is 22.6 Å². The molecular formula is C10H24BrNO2. The highest BCUT2D eigenvalue weighted by Crippen LogP contribution is 2.07. The maximum atomic E-state index is 5.14. The molecule has 0 aromatic rings. The summed E-state index contributed by atoms with van der Waals surface area (Å²) in [6.07, 6.45) is 1.03. The van der Waals surface area contributed by atoms with Gasteiger partial charge in [0.2, 0.25) is 0 Å². The van der Waals surface area contributed by atoms with Gasteiger partial charge in [-0.2, -0.15) is 0 Å². The number of hydrogen-bond donors (Lipinski definition) is 0. The number of halogens is 1. The van der Waals surface area contributed by atoms with Gasteiger partial charge in [-0.3, -0.25) is 0 Å². The lowest BCUT2D eigenvalue weighted by molar-refractivity contribution is -0.870. The van der Waals surface area contributed by atoms with Crippen LogP contribution in [0.1, 0.15) is 27.2 Å². The van der Waals surface area contributed by atoms with Crippen molar-refractivity contribution in [3.63, 3.8) is 0 Å². The van der Waals surface area contributed by atoms with Gasteiger partial charge in [0.15, 0.2) is 0 Å². The highest BCUT2D eigenvalue weighted by molar-refractivity contribution is 4.54. The molecule has 4 heteroatoms. The molecule has 88 valence electrons. The fourth-order valence-corrected chi connectivity index (χ4v) is 0.816. The molecule has 0 heterocycles. The van der Waals surface area contributed by atoms with Crippen LogP contribution in [0.3, 0.4) is 0 Å². The Morgan fingerprint density at radius 3 is 1.93 bits per heavy atom. The number of nitrogens with zero attached hydrogens (tertiary/aromatic N) is 1. The van der Waals surface area contributed by atoms with E-state index in [4.69, 9.17) is 9.78 Å². The molecule has 0 atom stereocenters. The summed E-state index contributed by atoms with van der Waals surface area (Å²) in [5, 5.41) is 0. The lowest BCUT2D eigenvalue weighted by atomic mass is 10.2. The Morgan fingerprint density at radius 1 is 1.07 bits per heavy atom. The Hall–Kier alpha value is 0.360. The van der Waals surface area contributed by atoms with E-state index in [1.54, 1.807) is 0 Å². The molecule has 0 radical (unpaired) electrons. The van der Waals surface area contributed by atoms with Gasteiger partial charge in [0.05, 0.1) is 39.9 Å². The summed E-state index contributed by atoms with van der Waals surface area (Å²) in [5.41, 5.74) is -0.198. The van der Waals surface area contributed by atoms with Gasteiger partial charge in [-0.1, -0.05) is 0 Å². The molecule has 0 unspecified atom stereocenters. The van der Waals surface area contributed by atoms with Crippen molar-refractivity contribution in [3.8, 4) is 0 Å². The van der Waals surface area contributed by atoms with E-state index in [2.05, 4.69) is 21.1 Å². The van der Waals surface area contributed by atoms with Crippen LogP contribution in [0.2, 0.25) is 0 Å². The van der Waals surface area contributed by atoms with Crippen molar-refractivity contribution in [1.29, 1.82) is 0 Å². The molecule has 0 saturated heterocycles. The maximum Gasteiger partial charge on any atom is 0.0952 e. The van der Waals surface area contributed by atoms with Crippen LogP contribution >= 0.6 is 0 Å². The quantitative estimate of drug-likeness (QED) is 0.271. The second kappa shape index (κ2) is 6.77. The van der Waals surface area contributed by atoms with Crippen LogP contribution in [0.5, 0.6) is 0 Å². The van der Waals surface area contributed by atoms with E-state index in [0.29, 0.717) is 6.61 Å². The molecule has 0 spiro atoms. The molecule has 0 N–H and O–H groups in total. The molecule has 0 aliphatic carbocycles. The smallest absolute Gasteiger partial charge is 0.0952 e. The van der Waals surface area contributed by atoms with Gasteiger partial charge < -0.3 is 21.5 Å². The second-order valence-corrected chi connectivity index (χ2v) is 5.39. The summed E-state index contributed by atoms with van der Waals surface area (Å²) in [6, 6.07) is 0. The average Bonchev–Trinajstić information content (AvgIpc) is 1.81. The highest BCUT2D eigenvalue weighted by atomic mass is 79.9. The van der Waals surface area contributed by atoms with Crippen molar-refractivity contribution < 1.29 is 31.2 Å². The van der Waals surface area contributed by atoms with Gasteiger partial charge in [-0.25, -0.2) is 9.78 Å². The molecular weight excluding hydrogens is 246 g/mol. The minimum atomic E-state index is -0.198. The van der Waals surface area contributed by atoms with Crippen LogP contribution in [0, 0.1) is 0 Å². The lowest BCUT2D eigenvalue weighted by Gasteiger charge is -2.24. The first-order valence-corrected chi connectivity index (χ1v) is 4.82. The third kappa shape index (κ3) is 14.9. The largest absolute Gasteiger partial charge is 1.00 e. The first-order chi connectivity index (χ1) is 5.71. The Kier molecular flexibility index (Phi) is 8.12. The first-order valence-electron chi connectivity index (χ1n) is 4.82. The SMILES string of the molecule is CC(C)(C)OOCCC[N+](C)(C)C.[Br-]. The van der Waals surface area contributed by atoms with Crippen LogP contribution < -0.4 is 17.0 Å². The van der Waals surface area contributed by atoms with Crippen molar-refractivity contribution in [2.45, 2.75) is 32.8 Å². The van der Waals surface area contributed by atoms with E-state index in [0.717, 1.165) is 17.4 Å². The second-order valence-electron chi connectivity index (χ2n) is 5.39. The minimum Gasteiger partial charge on any atom is -1.00 e. The molecule has 0 bridgehead atoms. The van der Waals surface area contributed by atoms with Gasteiger partial charge in [-0.05, 0) is 20.8 Å². The summed E-state index contributed by atoms with van der Waals surface area (Å²) in [5.74, 6) is 0. The molecule has 0 rings (SSSR count). The van der Waals surface area contributed by atoms with Crippen molar-refractivity contribution in [2.75, 3.05) is 34.3 Å². The summed E-state index contributed by atoms with van der Waals surface area (Å²) >= 11 is 0. The number of quaternary nitrogens is 1. The molecule has 0 aromatic heterocycles. The summed E-state index contributed by atoms with van der Waals surface area (Å²) in [6.45, 7) is 7.72. The maximum absolute atomic E-state index is 5.14. The summed E-state index contributed by atoms with van der Waals surface area (Å²) in [4.78, 5) is 10.2. The minimum absolute atomic E-state index is 0. The first kappa shape index (κ1) is 16.8. The molecule has 3 nitrogen and oxygen atoms in total. The molecule has 0 amide bonds. The Balaban J connectivity index is 0. The van der Waals surface area contributed by atoms with Gasteiger partial charge in [0.25, 0.3) is 0 Å². The monoisotopic (exact) mass is 269 g/mol. The molecule has 0 aromatic carbocycles. The van der Waals surface area contributed by atoms with E-state index in [1.807, 2.05) is 20.8 Å². The van der Waals surface area contributed by atoms with Crippen molar-refractivity contribution in [2.24, 2.45) is 0 Å². The fourth-order valence-electron chi connectivity index (χ4n) is 0.816. The number of hydrogen-bond acceptors (Lipinski definition) is 2. The molecule has 0 aliphatic rings. The van der Waals surface area contributed by atoms with Gasteiger partial charge in [-0.15, -0.1) is 0 Å². The van der Waals surface area contributed by atoms with E-state index >= 15 is 0 Å². The van der Waals surface area contributed by atoms with Crippen LogP contribution in [0.4, 0.5) is 0 Å². The van der Waals surface area contributed by atoms with Crippen LogP contribution in [-0.4, -0.2) is 44.4 Å². The summed E-state index contributed by atoms with van der Waals surface area (Å²) < 4.78 is 0.971. The third-order valence-electron chi connectivity index (χ3n) is 1.37. The molecule has 14 heavy (non-hydrogen) atoms. The average molecular weight is 270 g/mol. The predicted molar refractivity (Wildman–Crippen MR) is 54.3 cm³/mol. The van der Waals surface area contributed by atoms with Gasteiger partial charge in [0.1, 0.15) is 0 Å². The van der Waals surface area contributed by atoms with Gasteiger partial charge >= 0.3 is 0 Å². The van der Waals surface area contributed by atoms with Gasteiger partial charge in [0, 0.05) is 6.42 Å². The van der Waals surface area contributed by atoms with E-state index in [9.17, 15) is 0 Å². The van der Waals surface area contributed by atoms with Crippen LogP contribution in [-0.2, 0) is 9.78 Å². The Labute approximate surface area is 98.7 Å². The van der Waals surface area contributed by atoms with E-state index < -0.39 is 0 Å². The van der Waals surface area contributed by atoms with Crippen molar-refractivity contribution in [3.05, 3.63) is 0 Å². The third-order valence-corrected chi connectivity index (χ3v) is 1.37. The highest BCUT2D eigenvalue weighted by Gasteiger charge is 2.11. The Morgan fingerprint density at radius 2 is 1.57 bits per heavy atom. The predicted octanol–water partition coefficient (Wildman–Crippen LogP) is -1.17. The lowest BCUT2D eigenvalue weighted by Crippen LogP contribution is -3.00. The molecule has 0 saturated carbocycles. The zero-order valence-electron chi connectivity index (χ0n) is 10.3. The standard InChI is InChI=1S/C10H24NO2.BrH/c1-10(2,3)13-12-9-7-8-11(4,5)6;/h7-9H2,1-6H3;1H/q+1;/p-1. The molecule has 0 aliphatic heterocycles. The zero-order chi connectivity index (χ0) is 10.5. The fraction of sp³-hybridized carbons (Fsp3) is 1.00. The number of rotatable bonds is 5. The Bertz CT molecular complexity index is 122. The normalized spacial score (nSPS) is 12.4. The van der Waals surface area contributed by atoms with Crippen molar-refractivity contribution >= 4 is 0 Å². The summed E-state index contributed by atoms with van der Waals surface area (Å²) in [7, 11) is 6.51. The van der Waals surface area contributed by atoms with Crippen molar-refractivity contribution in [1.82, 2.24) is 0 Å². The van der Waals surface area contributed by atoms with Crippen LogP contribution in [0.15, 0.2) is 0 Å². The van der Waals surface area contributed by atoms with Crippen LogP contribution in [0.25, 0.3) is 0 Å². The zero-order valence-corrected chi connectivity index (χ0v) is 11.8.